The van der Waals surface area contributed by atoms with Crippen molar-refractivity contribution in [2.75, 3.05) is 29.6 Å². The molecule has 0 radical (unpaired) electrons. The number of aliphatic hydroxyl groups is 1. The molecule has 2 saturated heterocycles. The molecule has 7 rings (SSSR count). The molecule has 2 fully saturated rings. The van der Waals surface area contributed by atoms with Crippen LogP contribution in [0.5, 0.6) is 0 Å². The van der Waals surface area contributed by atoms with Gasteiger partial charge in [-0.1, -0.05) is 68.8 Å². The van der Waals surface area contributed by atoms with Gasteiger partial charge < -0.3 is 34.7 Å². The molecular formula is C47H50ClN9O7S. The second-order valence-corrected chi connectivity index (χ2v) is 18.4. The number of nitrogens with one attached hydrogen (secondary N) is 2. The lowest BCUT2D eigenvalue weighted by atomic mass is 9.85. The van der Waals surface area contributed by atoms with E-state index in [1.165, 1.54) is 16.2 Å². The van der Waals surface area contributed by atoms with E-state index < -0.39 is 46.9 Å². The summed E-state index contributed by atoms with van der Waals surface area (Å²) >= 11 is 12.1. The summed E-state index contributed by atoms with van der Waals surface area (Å²) in [7, 11) is 0. The molecule has 338 valence electrons. The number of ether oxygens (including phenoxy) is 1. The van der Waals surface area contributed by atoms with Gasteiger partial charge in [-0.05, 0) is 79.4 Å². The third-order valence-corrected chi connectivity index (χ3v) is 12.1. The number of aryl methyl sites for hydroxylation is 1. The van der Waals surface area contributed by atoms with Crippen molar-refractivity contribution in [3.05, 3.63) is 108 Å². The molecule has 2 aromatic heterocycles. The van der Waals surface area contributed by atoms with Crippen LogP contribution in [-0.4, -0.2) is 97.0 Å². The topological polar surface area (TPSA) is 199 Å². The average molecular weight is 920 g/mol. The molecule has 3 atom stereocenters. The van der Waals surface area contributed by atoms with E-state index in [1.54, 1.807) is 54.0 Å². The number of carbonyl (C=O) groups excluding carboxylic acids is 4. The van der Waals surface area contributed by atoms with Gasteiger partial charge in [0.2, 0.25) is 17.7 Å². The predicted molar refractivity (Wildman–Crippen MR) is 247 cm³/mol. The molecule has 18 heteroatoms. The van der Waals surface area contributed by atoms with Crippen LogP contribution in [0.1, 0.15) is 58.6 Å². The number of halogens is 1. The minimum absolute atomic E-state index is 0.0345. The molecule has 16 nitrogen and oxygen atoms in total. The Bertz CT molecular complexity index is 2600. The summed E-state index contributed by atoms with van der Waals surface area (Å²) in [5.74, 6) is -0.935. The minimum Gasteiger partial charge on any atom is -0.444 e. The number of aliphatic hydroxyl groups excluding tert-OH is 1. The van der Waals surface area contributed by atoms with E-state index in [2.05, 4.69) is 20.7 Å². The molecular weight excluding hydrogens is 870 g/mol. The van der Waals surface area contributed by atoms with Crippen LogP contribution in [0.3, 0.4) is 0 Å². The Morgan fingerprint density at radius 3 is 2.42 bits per heavy atom. The Morgan fingerprint density at radius 2 is 1.75 bits per heavy atom. The minimum atomic E-state index is -0.990. The first-order valence-electron chi connectivity index (χ1n) is 21.1. The fraction of sp³-hybridized carbons (Fsp3) is 0.362. The third-order valence-electron chi connectivity index (χ3n) is 11.4. The largest absolute Gasteiger partial charge is 0.444 e. The van der Waals surface area contributed by atoms with Crippen molar-refractivity contribution in [2.45, 2.75) is 84.3 Å². The van der Waals surface area contributed by atoms with Crippen LogP contribution in [0.15, 0.2) is 96.1 Å². The van der Waals surface area contributed by atoms with Gasteiger partial charge in [0.15, 0.2) is 17.3 Å². The smallest absolute Gasteiger partial charge is 0.259 e. The molecule has 5 aromatic rings. The summed E-state index contributed by atoms with van der Waals surface area (Å²) < 4.78 is 12.8. The highest BCUT2D eigenvalue weighted by Gasteiger charge is 2.50. The van der Waals surface area contributed by atoms with Gasteiger partial charge in [-0.2, -0.15) is 10.4 Å². The number of thiocarbonyl (C=S) groups is 1. The number of carbonyl (C=O) groups is 4. The zero-order valence-electron chi connectivity index (χ0n) is 36.7. The molecule has 2 aliphatic heterocycles. The maximum Gasteiger partial charge on any atom is 0.259 e. The number of nitriles is 1. The SMILES string of the molecule is CC(C)(C)C(NC(=O)COCCCn1cc(-c2ccc(N3C(=S)N(c4ccc(C#N)c(Cl)c4)C(=O)C3(C)C)cc2)cn1)C(=O)N1C[C@H](O)C[C@H]1C(=O)NCc1ccc(-c2cnco2)cc1. The monoisotopic (exact) mass is 919 g/mol. The second kappa shape index (κ2) is 19.3. The average Bonchev–Trinajstić information content (AvgIpc) is 4.09. The van der Waals surface area contributed by atoms with E-state index in [1.807, 2.05) is 81.6 Å². The van der Waals surface area contributed by atoms with Crippen molar-refractivity contribution in [1.82, 2.24) is 30.3 Å². The first-order chi connectivity index (χ1) is 31.0. The number of aromatic nitrogens is 3. The van der Waals surface area contributed by atoms with Gasteiger partial charge in [0, 0.05) is 55.7 Å². The van der Waals surface area contributed by atoms with Crippen molar-refractivity contribution in [2.24, 2.45) is 5.41 Å². The van der Waals surface area contributed by atoms with Gasteiger partial charge in [0.25, 0.3) is 5.91 Å². The van der Waals surface area contributed by atoms with Crippen molar-refractivity contribution in [3.63, 3.8) is 0 Å². The lowest BCUT2D eigenvalue weighted by molar-refractivity contribution is -0.144. The molecule has 3 aromatic carbocycles. The maximum absolute atomic E-state index is 14.0. The van der Waals surface area contributed by atoms with Crippen LogP contribution in [0, 0.1) is 16.7 Å². The molecule has 0 bridgehead atoms. The standard InChI is InChI=1S/C47H50ClN9O7S/c1-46(2,3)41(43(61)55-26-36(58)20-38(55)42(60)51-22-29-7-9-31(10-8-29)39-24-50-28-64-39)53-40(59)27-63-18-6-17-54-25-33(23-52-54)30-11-14-34(15-12-30)57-45(65)56(44(62)47(57,4)5)35-16-13-32(21-49)37(48)19-35/h7-16,19,23-25,28,36,38,41,58H,6,17-18,20,22,26-27H2,1-5H3,(H,51,60)(H,53,59)/t36-,38+,41?/m1/s1. The quantitative estimate of drug-likeness (QED) is 0.0836. The summed E-state index contributed by atoms with van der Waals surface area (Å²) in [6, 6.07) is 20.0. The summed E-state index contributed by atoms with van der Waals surface area (Å²) in [6.07, 6.45) is 6.38. The van der Waals surface area contributed by atoms with E-state index in [0.717, 1.165) is 27.9 Å². The van der Waals surface area contributed by atoms with Crippen LogP contribution >= 0.6 is 23.8 Å². The van der Waals surface area contributed by atoms with Crippen molar-refractivity contribution < 1.29 is 33.4 Å². The summed E-state index contributed by atoms with van der Waals surface area (Å²) in [6.45, 7) is 9.75. The van der Waals surface area contributed by atoms with Crippen molar-refractivity contribution >= 4 is 63.9 Å². The Morgan fingerprint density at radius 1 is 1.05 bits per heavy atom. The highest BCUT2D eigenvalue weighted by Crippen LogP contribution is 2.38. The summed E-state index contributed by atoms with van der Waals surface area (Å²) in [4.78, 5) is 62.7. The molecule has 0 aliphatic carbocycles. The Kier molecular flexibility index (Phi) is 13.8. The van der Waals surface area contributed by atoms with Crippen LogP contribution in [0.2, 0.25) is 5.02 Å². The number of rotatable bonds is 15. The second-order valence-electron chi connectivity index (χ2n) is 17.6. The first-order valence-corrected chi connectivity index (χ1v) is 21.9. The van der Waals surface area contributed by atoms with E-state index >= 15 is 0 Å². The van der Waals surface area contributed by atoms with E-state index in [0.29, 0.717) is 35.1 Å². The number of hydrogen-bond acceptors (Lipinski definition) is 11. The van der Waals surface area contributed by atoms with Gasteiger partial charge in [0.05, 0.1) is 34.8 Å². The summed E-state index contributed by atoms with van der Waals surface area (Å²) in [5, 5.41) is 30.6. The molecule has 65 heavy (non-hydrogen) atoms. The number of likely N-dealkylation sites (tertiary alicyclic amines) is 1. The lowest BCUT2D eigenvalue weighted by Gasteiger charge is -2.35. The lowest BCUT2D eigenvalue weighted by Crippen LogP contribution is -2.58. The van der Waals surface area contributed by atoms with E-state index in [4.69, 9.17) is 33.0 Å². The molecule has 0 saturated carbocycles. The highest BCUT2D eigenvalue weighted by atomic mass is 35.5. The van der Waals surface area contributed by atoms with Gasteiger partial charge in [-0.25, -0.2) is 4.98 Å². The highest BCUT2D eigenvalue weighted by molar-refractivity contribution is 7.81. The number of benzene rings is 3. The fourth-order valence-electron chi connectivity index (χ4n) is 7.90. The zero-order chi connectivity index (χ0) is 46.6. The van der Waals surface area contributed by atoms with Gasteiger partial charge in [0.1, 0.15) is 30.3 Å². The van der Waals surface area contributed by atoms with Crippen LogP contribution in [-0.2, 0) is 37.0 Å². The third kappa shape index (κ3) is 10.3. The van der Waals surface area contributed by atoms with Crippen molar-refractivity contribution in [1.29, 1.82) is 5.26 Å². The maximum atomic E-state index is 14.0. The predicted octanol–water partition coefficient (Wildman–Crippen LogP) is 5.86. The normalized spacial score (nSPS) is 17.6. The Balaban J connectivity index is 0.877. The van der Waals surface area contributed by atoms with Crippen LogP contribution < -0.4 is 20.4 Å². The van der Waals surface area contributed by atoms with Gasteiger partial charge >= 0.3 is 0 Å². The number of oxazole rings is 1. The summed E-state index contributed by atoms with van der Waals surface area (Å²) in [5.41, 5.74) is 3.27. The van der Waals surface area contributed by atoms with Crippen LogP contribution in [0.4, 0.5) is 11.4 Å². The Hall–Kier alpha value is -6.45. The van der Waals surface area contributed by atoms with Crippen molar-refractivity contribution in [3.8, 4) is 28.5 Å². The number of nitrogens with zero attached hydrogens (tertiary/aromatic N) is 7. The number of amides is 4. The zero-order valence-corrected chi connectivity index (χ0v) is 38.2. The van der Waals surface area contributed by atoms with Gasteiger partial charge in [-0.3, -0.25) is 28.8 Å². The van der Waals surface area contributed by atoms with E-state index in [9.17, 15) is 29.5 Å². The molecule has 4 heterocycles. The molecule has 0 spiro atoms. The number of anilines is 2. The fourth-order valence-corrected chi connectivity index (χ4v) is 8.64. The van der Waals surface area contributed by atoms with E-state index in [-0.39, 0.29) is 43.7 Å². The Labute approximate surface area is 387 Å². The molecule has 3 N–H and O–H groups in total. The number of β-amino-alcohol motifs (C(OH)–C–C–N with tert-alkyl or cyclic N) is 1. The number of hydrogen-bond donors (Lipinski definition) is 3. The molecule has 4 amide bonds. The molecule has 1 unspecified atom stereocenters. The van der Waals surface area contributed by atoms with Crippen LogP contribution in [0.25, 0.3) is 22.5 Å². The van der Waals surface area contributed by atoms with Gasteiger partial charge in [-0.15, -0.1) is 0 Å². The molecule has 2 aliphatic rings. The first kappa shape index (κ1) is 46.5.